The Morgan fingerprint density at radius 2 is 2.17 bits per heavy atom. The van der Waals surface area contributed by atoms with Crippen LogP contribution >= 0.6 is 27.5 Å². The highest BCUT2D eigenvalue weighted by atomic mass is 79.9. The summed E-state index contributed by atoms with van der Waals surface area (Å²) in [5, 5.41) is 3.33. The molecule has 1 aliphatic rings. The van der Waals surface area contributed by atoms with Crippen LogP contribution in [0, 0.1) is 5.92 Å². The predicted molar refractivity (Wildman–Crippen MR) is 95.1 cm³/mol. The van der Waals surface area contributed by atoms with Crippen molar-refractivity contribution in [2.24, 2.45) is 5.92 Å². The Kier molecular flexibility index (Phi) is 5.26. The number of hydrogen-bond acceptors (Lipinski definition) is 3. The van der Waals surface area contributed by atoms with E-state index < -0.39 is 0 Å². The fourth-order valence-corrected chi connectivity index (χ4v) is 3.49. The molecule has 1 aromatic carbocycles. The number of anilines is 1. The van der Waals surface area contributed by atoms with E-state index in [1.165, 1.54) is 12.5 Å². The summed E-state index contributed by atoms with van der Waals surface area (Å²) in [4.78, 5) is 26.6. The molecule has 1 atom stereocenters. The molecule has 0 spiro atoms. The molecule has 1 saturated heterocycles. The van der Waals surface area contributed by atoms with Crippen LogP contribution < -0.4 is 5.32 Å². The van der Waals surface area contributed by atoms with Gasteiger partial charge in [-0.05, 0) is 37.1 Å². The molecule has 1 N–H and O–H groups in total. The molecule has 24 heavy (non-hydrogen) atoms. The van der Waals surface area contributed by atoms with Crippen LogP contribution in [-0.2, 0) is 4.79 Å². The van der Waals surface area contributed by atoms with Crippen molar-refractivity contribution < 1.29 is 14.0 Å². The molecule has 0 bridgehead atoms. The zero-order valence-corrected chi connectivity index (χ0v) is 15.1. The zero-order valence-electron chi connectivity index (χ0n) is 12.8. The number of likely N-dealkylation sites (tertiary alicyclic amines) is 1. The minimum absolute atomic E-state index is 0.108. The predicted octanol–water partition coefficient (Wildman–Crippen LogP) is 4.19. The Hall–Kier alpha value is -1.79. The molecule has 0 saturated carbocycles. The number of carbonyl (C=O) groups is 2. The Morgan fingerprint density at radius 1 is 1.33 bits per heavy atom. The van der Waals surface area contributed by atoms with Crippen LogP contribution in [-0.4, -0.2) is 29.8 Å². The third-order valence-electron chi connectivity index (χ3n) is 4.04. The maximum Gasteiger partial charge on any atom is 0.257 e. The first-order chi connectivity index (χ1) is 11.5. The number of benzene rings is 1. The van der Waals surface area contributed by atoms with Gasteiger partial charge in [0.2, 0.25) is 5.91 Å². The summed E-state index contributed by atoms with van der Waals surface area (Å²) >= 11 is 9.47. The topological polar surface area (TPSA) is 62.6 Å². The molecule has 0 aliphatic carbocycles. The highest BCUT2D eigenvalue weighted by molar-refractivity contribution is 9.10. The first-order valence-electron chi connectivity index (χ1n) is 7.62. The van der Waals surface area contributed by atoms with Gasteiger partial charge in [-0.1, -0.05) is 27.5 Å². The molecule has 2 aromatic rings. The van der Waals surface area contributed by atoms with Crippen molar-refractivity contribution in [1.29, 1.82) is 0 Å². The van der Waals surface area contributed by atoms with Crippen LogP contribution in [0.15, 0.2) is 45.7 Å². The Balaban J connectivity index is 1.65. The maximum absolute atomic E-state index is 12.5. The molecule has 5 nitrogen and oxygen atoms in total. The minimum atomic E-state index is -0.255. The van der Waals surface area contributed by atoms with E-state index in [2.05, 4.69) is 21.2 Å². The lowest BCUT2D eigenvalue weighted by atomic mass is 9.96. The fourth-order valence-electron chi connectivity index (χ4n) is 2.77. The Morgan fingerprint density at radius 3 is 2.88 bits per heavy atom. The van der Waals surface area contributed by atoms with Gasteiger partial charge in [0.25, 0.3) is 5.91 Å². The SMILES string of the molecule is O=C(Nc1ccc(Br)cc1Cl)[C@H]1CCCN(C(=O)c2ccoc2)C1. The highest BCUT2D eigenvalue weighted by Gasteiger charge is 2.29. The van der Waals surface area contributed by atoms with E-state index in [1.54, 1.807) is 23.1 Å². The Bertz CT molecular complexity index is 748. The van der Waals surface area contributed by atoms with Crippen molar-refractivity contribution in [2.45, 2.75) is 12.8 Å². The van der Waals surface area contributed by atoms with E-state index in [-0.39, 0.29) is 17.7 Å². The number of nitrogens with one attached hydrogen (secondary N) is 1. The molecule has 3 rings (SSSR count). The summed E-state index contributed by atoms with van der Waals surface area (Å²) in [5.41, 5.74) is 1.08. The first kappa shape index (κ1) is 17.0. The summed E-state index contributed by atoms with van der Waals surface area (Å²) in [6, 6.07) is 6.93. The quantitative estimate of drug-likeness (QED) is 0.824. The van der Waals surface area contributed by atoms with Crippen molar-refractivity contribution in [3.63, 3.8) is 0 Å². The van der Waals surface area contributed by atoms with Gasteiger partial charge in [-0.15, -0.1) is 0 Å². The van der Waals surface area contributed by atoms with E-state index in [0.29, 0.717) is 29.4 Å². The molecular formula is C17H16BrClN2O3. The van der Waals surface area contributed by atoms with Crippen LogP contribution in [0.5, 0.6) is 0 Å². The molecule has 7 heteroatoms. The molecule has 126 valence electrons. The molecule has 0 radical (unpaired) electrons. The van der Waals surface area contributed by atoms with Gasteiger partial charge < -0.3 is 14.6 Å². The van der Waals surface area contributed by atoms with Gasteiger partial charge in [0.1, 0.15) is 6.26 Å². The van der Waals surface area contributed by atoms with Crippen LogP contribution in [0.1, 0.15) is 23.2 Å². The second-order valence-electron chi connectivity index (χ2n) is 5.72. The van der Waals surface area contributed by atoms with E-state index in [4.69, 9.17) is 16.0 Å². The van der Waals surface area contributed by atoms with Gasteiger partial charge in [0, 0.05) is 17.6 Å². The van der Waals surface area contributed by atoms with Crippen molar-refractivity contribution in [1.82, 2.24) is 4.90 Å². The molecular weight excluding hydrogens is 396 g/mol. The van der Waals surface area contributed by atoms with Crippen LogP contribution in [0.25, 0.3) is 0 Å². The normalized spacial score (nSPS) is 17.6. The number of halogens is 2. The summed E-state index contributed by atoms with van der Waals surface area (Å²) < 4.78 is 5.80. The molecule has 1 aliphatic heterocycles. The lowest BCUT2D eigenvalue weighted by Gasteiger charge is -2.31. The monoisotopic (exact) mass is 410 g/mol. The van der Waals surface area contributed by atoms with E-state index in [9.17, 15) is 9.59 Å². The Labute approximate surface area is 153 Å². The number of rotatable bonds is 3. The fraction of sp³-hybridized carbons (Fsp3) is 0.294. The third-order valence-corrected chi connectivity index (χ3v) is 4.84. The smallest absolute Gasteiger partial charge is 0.257 e. The molecule has 1 fully saturated rings. The average molecular weight is 412 g/mol. The zero-order chi connectivity index (χ0) is 17.1. The molecule has 0 unspecified atom stereocenters. The number of hydrogen-bond donors (Lipinski definition) is 1. The standard InChI is InChI=1S/C17H16BrClN2O3/c18-13-3-4-15(14(19)8-13)20-16(22)11-2-1-6-21(9-11)17(23)12-5-7-24-10-12/h3-5,7-8,10-11H,1-2,6,9H2,(H,20,22)/t11-/m0/s1. The number of piperidine rings is 1. The van der Waals surface area contributed by atoms with Gasteiger partial charge in [-0.3, -0.25) is 9.59 Å². The first-order valence-corrected chi connectivity index (χ1v) is 8.79. The van der Waals surface area contributed by atoms with Crippen LogP contribution in [0.2, 0.25) is 5.02 Å². The summed E-state index contributed by atoms with van der Waals surface area (Å²) in [6.45, 7) is 1.04. The second kappa shape index (κ2) is 7.40. The summed E-state index contributed by atoms with van der Waals surface area (Å²) in [7, 11) is 0. The number of furan rings is 1. The molecule has 2 heterocycles. The van der Waals surface area contributed by atoms with Crippen molar-refractivity contribution in [3.8, 4) is 0 Å². The van der Waals surface area contributed by atoms with Gasteiger partial charge >= 0.3 is 0 Å². The van der Waals surface area contributed by atoms with Crippen LogP contribution in [0.4, 0.5) is 5.69 Å². The van der Waals surface area contributed by atoms with Crippen molar-refractivity contribution in [2.75, 3.05) is 18.4 Å². The van der Waals surface area contributed by atoms with Crippen molar-refractivity contribution >= 4 is 45.0 Å². The summed E-state index contributed by atoms with van der Waals surface area (Å²) in [5.74, 6) is -0.485. The number of carbonyl (C=O) groups excluding carboxylic acids is 2. The number of amides is 2. The maximum atomic E-state index is 12.5. The third kappa shape index (κ3) is 3.82. The van der Waals surface area contributed by atoms with Gasteiger partial charge in [-0.25, -0.2) is 0 Å². The van der Waals surface area contributed by atoms with E-state index in [0.717, 1.165) is 17.3 Å². The highest BCUT2D eigenvalue weighted by Crippen LogP contribution is 2.27. The van der Waals surface area contributed by atoms with E-state index in [1.807, 2.05) is 6.07 Å². The molecule has 1 aromatic heterocycles. The lowest BCUT2D eigenvalue weighted by Crippen LogP contribution is -2.43. The van der Waals surface area contributed by atoms with Crippen molar-refractivity contribution in [3.05, 3.63) is 51.9 Å². The minimum Gasteiger partial charge on any atom is -0.472 e. The van der Waals surface area contributed by atoms with Gasteiger partial charge in [0.15, 0.2) is 0 Å². The lowest BCUT2D eigenvalue weighted by molar-refractivity contribution is -0.121. The van der Waals surface area contributed by atoms with E-state index >= 15 is 0 Å². The number of nitrogens with zero attached hydrogens (tertiary/aromatic N) is 1. The average Bonchev–Trinajstić information content (AvgIpc) is 3.11. The van der Waals surface area contributed by atoms with Crippen LogP contribution in [0.3, 0.4) is 0 Å². The second-order valence-corrected chi connectivity index (χ2v) is 7.04. The van der Waals surface area contributed by atoms with Gasteiger partial charge in [0.05, 0.1) is 28.5 Å². The summed E-state index contributed by atoms with van der Waals surface area (Å²) in [6.07, 6.45) is 4.43. The van der Waals surface area contributed by atoms with Gasteiger partial charge in [-0.2, -0.15) is 0 Å². The molecule has 2 amide bonds. The largest absolute Gasteiger partial charge is 0.472 e.